The van der Waals surface area contributed by atoms with Gasteiger partial charge >= 0.3 is 5.97 Å². The molecule has 0 aliphatic carbocycles. The second-order valence-electron chi connectivity index (χ2n) is 8.64. The highest BCUT2D eigenvalue weighted by Gasteiger charge is 2.36. The first-order valence-corrected chi connectivity index (χ1v) is 11.0. The summed E-state index contributed by atoms with van der Waals surface area (Å²) in [5.41, 5.74) is 1.83. The summed E-state index contributed by atoms with van der Waals surface area (Å²) in [5.74, 6) is -0.928. The lowest BCUT2D eigenvalue weighted by molar-refractivity contribution is -0.137. The van der Waals surface area contributed by atoms with Crippen LogP contribution in [0.5, 0.6) is 0 Å². The zero-order valence-electron chi connectivity index (χ0n) is 17.8. The molecule has 8 heteroatoms. The van der Waals surface area contributed by atoms with Crippen LogP contribution >= 0.6 is 0 Å². The molecule has 1 aromatic carbocycles. The molecule has 1 fully saturated rings. The van der Waals surface area contributed by atoms with Crippen LogP contribution < -0.4 is 10.9 Å². The molecule has 8 nitrogen and oxygen atoms in total. The third kappa shape index (κ3) is 4.90. The van der Waals surface area contributed by atoms with Gasteiger partial charge < -0.3 is 19.9 Å². The minimum absolute atomic E-state index is 0.0105. The molecule has 0 radical (unpaired) electrons. The molecule has 2 bridgehead atoms. The van der Waals surface area contributed by atoms with Crippen molar-refractivity contribution >= 4 is 23.5 Å². The van der Waals surface area contributed by atoms with Gasteiger partial charge in [-0.05, 0) is 36.5 Å². The Morgan fingerprint density at radius 2 is 1.78 bits per heavy atom. The molecule has 2 amide bonds. The van der Waals surface area contributed by atoms with Gasteiger partial charge in [-0.2, -0.15) is 0 Å². The van der Waals surface area contributed by atoms with Crippen molar-refractivity contribution in [1.82, 2.24) is 9.47 Å². The zero-order chi connectivity index (χ0) is 22.7. The van der Waals surface area contributed by atoms with E-state index in [0.29, 0.717) is 26.1 Å². The number of benzene rings is 1. The maximum atomic E-state index is 13.1. The molecule has 3 heterocycles. The van der Waals surface area contributed by atoms with Crippen LogP contribution in [0.15, 0.2) is 47.3 Å². The standard InChI is InChI=1S/C24H27N3O5/c28-21(12-16-5-2-1-3-6-16)25-19-9-10-20-18-11-17(14-27(20)24(19)32)13-26(15-18)22(29)7-4-8-23(30)31/h1-3,5-6,9-10,17-18H,4,7-8,11-15H2,(H,25,28)(H,30,31)/t17-,18+/m0/s1. The first-order chi connectivity index (χ1) is 15.4. The number of aliphatic carboxylic acids is 1. The number of nitrogens with zero attached hydrogens (tertiary/aromatic N) is 2. The Balaban J connectivity index is 1.44. The Bertz CT molecular complexity index is 1080. The monoisotopic (exact) mass is 437 g/mol. The molecule has 1 saturated heterocycles. The number of carbonyl (C=O) groups excluding carboxylic acids is 2. The van der Waals surface area contributed by atoms with E-state index in [0.717, 1.165) is 17.7 Å². The van der Waals surface area contributed by atoms with Crippen LogP contribution in [0.25, 0.3) is 0 Å². The molecule has 32 heavy (non-hydrogen) atoms. The van der Waals surface area contributed by atoms with Crippen LogP contribution in [0.2, 0.25) is 0 Å². The van der Waals surface area contributed by atoms with Gasteiger partial charge in [0.2, 0.25) is 11.8 Å². The molecule has 2 aliphatic rings. The SMILES string of the molecule is O=C(O)CCCC(=O)N1C[C@@H]2C[C@H](C1)c1ccc(NC(=O)Cc3ccccc3)c(=O)n1C2. The van der Waals surface area contributed by atoms with Gasteiger partial charge in [0, 0.05) is 44.1 Å². The van der Waals surface area contributed by atoms with Gasteiger partial charge in [-0.1, -0.05) is 30.3 Å². The van der Waals surface area contributed by atoms with E-state index in [1.807, 2.05) is 41.3 Å². The molecular weight excluding hydrogens is 410 g/mol. The lowest BCUT2D eigenvalue weighted by Gasteiger charge is -2.43. The number of carbonyl (C=O) groups is 3. The molecule has 0 spiro atoms. The summed E-state index contributed by atoms with van der Waals surface area (Å²) < 4.78 is 1.74. The highest BCUT2D eigenvalue weighted by Crippen LogP contribution is 2.35. The molecular formula is C24H27N3O5. The van der Waals surface area contributed by atoms with Gasteiger partial charge in [-0.15, -0.1) is 0 Å². The summed E-state index contributed by atoms with van der Waals surface area (Å²) >= 11 is 0. The molecule has 1 aromatic heterocycles. The number of carboxylic acids is 1. The van der Waals surface area contributed by atoms with E-state index in [9.17, 15) is 19.2 Å². The van der Waals surface area contributed by atoms with Crippen molar-refractivity contribution in [1.29, 1.82) is 0 Å². The van der Waals surface area contributed by atoms with E-state index in [-0.39, 0.29) is 54.2 Å². The fraction of sp³-hybridized carbons (Fsp3) is 0.417. The van der Waals surface area contributed by atoms with Gasteiger partial charge in [0.25, 0.3) is 5.56 Å². The van der Waals surface area contributed by atoms with Crippen LogP contribution in [0.1, 0.15) is 42.9 Å². The predicted molar refractivity (Wildman–Crippen MR) is 118 cm³/mol. The minimum atomic E-state index is -0.895. The molecule has 2 aromatic rings. The summed E-state index contributed by atoms with van der Waals surface area (Å²) in [5, 5.41) is 11.5. The Morgan fingerprint density at radius 3 is 2.53 bits per heavy atom. The largest absolute Gasteiger partial charge is 0.481 e. The first-order valence-electron chi connectivity index (χ1n) is 11.0. The van der Waals surface area contributed by atoms with Crippen LogP contribution in [0.4, 0.5) is 5.69 Å². The minimum Gasteiger partial charge on any atom is -0.481 e. The Morgan fingerprint density at radius 1 is 1.00 bits per heavy atom. The van der Waals surface area contributed by atoms with Crippen LogP contribution in [-0.4, -0.2) is 45.4 Å². The van der Waals surface area contributed by atoms with Crippen molar-refractivity contribution < 1.29 is 19.5 Å². The Hall–Kier alpha value is -3.42. The normalized spacial score (nSPS) is 19.2. The number of nitrogens with one attached hydrogen (secondary N) is 1. The fourth-order valence-electron chi connectivity index (χ4n) is 4.77. The number of hydrogen-bond donors (Lipinski definition) is 2. The van der Waals surface area contributed by atoms with E-state index < -0.39 is 5.97 Å². The highest BCUT2D eigenvalue weighted by atomic mass is 16.4. The Labute approximate surface area is 185 Å². The first kappa shape index (κ1) is 21.8. The van der Waals surface area contributed by atoms with Crippen LogP contribution in [-0.2, 0) is 27.3 Å². The lowest BCUT2D eigenvalue weighted by Crippen LogP contribution is -2.49. The van der Waals surface area contributed by atoms with Crippen LogP contribution in [0, 0.1) is 5.92 Å². The lowest BCUT2D eigenvalue weighted by atomic mass is 9.83. The number of carboxylic acid groups (broad SMARTS) is 1. The third-order valence-electron chi connectivity index (χ3n) is 6.22. The van der Waals surface area contributed by atoms with Gasteiger partial charge in [0.15, 0.2) is 0 Å². The number of likely N-dealkylation sites (tertiary alicyclic amines) is 1. The van der Waals surface area contributed by atoms with E-state index in [2.05, 4.69) is 5.32 Å². The average molecular weight is 437 g/mol. The number of piperidine rings is 1. The van der Waals surface area contributed by atoms with Gasteiger partial charge in [-0.3, -0.25) is 19.2 Å². The van der Waals surface area contributed by atoms with E-state index in [1.165, 1.54) is 0 Å². The number of fused-ring (bicyclic) bond motifs is 4. The molecule has 2 atom stereocenters. The summed E-state index contributed by atoms with van der Waals surface area (Å²) in [4.78, 5) is 50.5. The molecule has 0 saturated carbocycles. The molecule has 2 aliphatic heterocycles. The summed E-state index contributed by atoms with van der Waals surface area (Å²) in [6.45, 7) is 1.60. The second kappa shape index (κ2) is 9.38. The van der Waals surface area contributed by atoms with Crippen molar-refractivity contribution in [2.24, 2.45) is 5.92 Å². The van der Waals surface area contributed by atoms with Crippen molar-refractivity contribution in [2.45, 2.75) is 44.6 Å². The number of aromatic nitrogens is 1. The van der Waals surface area contributed by atoms with Crippen molar-refractivity contribution in [3.8, 4) is 0 Å². The maximum Gasteiger partial charge on any atom is 0.303 e. The molecule has 168 valence electrons. The number of hydrogen-bond acceptors (Lipinski definition) is 4. The van der Waals surface area contributed by atoms with Crippen LogP contribution in [0.3, 0.4) is 0 Å². The highest BCUT2D eigenvalue weighted by molar-refractivity contribution is 5.92. The van der Waals surface area contributed by atoms with E-state index in [1.54, 1.807) is 10.6 Å². The smallest absolute Gasteiger partial charge is 0.303 e. The molecule has 0 unspecified atom stereocenters. The molecule has 2 N–H and O–H groups in total. The Kier molecular flexibility index (Phi) is 6.39. The average Bonchev–Trinajstić information content (AvgIpc) is 2.76. The third-order valence-corrected chi connectivity index (χ3v) is 6.22. The van der Waals surface area contributed by atoms with Crippen molar-refractivity contribution in [3.63, 3.8) is 0 Å². The summed E-state index contributed by atoms with van der Waals surface area (Å²) in [6.07, 6.45) is 1.67. The van der Waals surface area contributed by atoms with Crippen molar-refractivity contribution in [2.75, 3.05) is 18.4 Å². The second-order valence-corrected chi connectivity index (χ2v) is 8.64. The zero-order valence-corrected chi connectivity index (χ0v) is 17.8. The summed E-state index contributed by atoms with van der Waals surface area (Å²) in [6, 6.07) is 12.9. The maximum absolute atomic E-state index is 13.1. The van der Waals surface area contributed by atoms with Crippen molar-refractivity contribution in [3.05, 3.63) is 64.1 Å². The number of rotatable bonds is 7. The predicted octanol–water partition coefficient (Wildman–Crippen LogP) is 2.23. The number of amides is 2. The van der Waals surface area contributed by atoms with Gasteiger partial charge in [0.1, 0.15) is 5.69 Å². The topological polar surface area (TPSA) is 109 Å². The van der Waals surface area contributed by atoms with Gasteiger partial charge in [-0.25, -0.2) is 0 Å². The van der Waals surface area contributed by atoms with E-state index in [4.69, 9.17) is 5.11 Å². The van der Waals surface area contributed by atoms with Gasteiger partial charge in [0.05, 0.1) is 6.42 Å². The number of pyridine rings is 1. The molecule has 4 rings (SSSR count). The quantitative estimate of drug-likeness (QED) is 0.691. The summed E-state index contributed by atoms with van der Waals surface area (Å²) in [7, 11) is 0. The number of anilines is 1. The fourth-order valence-corrected chi connectivity index (χ4v) is 4.77. The van der Waals surface area contributed by atoms with E-state index >= 15 is 0 Å².